The topological polar surface area (TPSA) is 87.7 Å². The van der Waals surface area contributed by atoms with E-state index in [0.717, 1.165) is 12.0 Å². The molecule has 0 aliphatic carbocycles. The van der Waals surface area contributed by atoms with Gasteiger partial charge >= 0.3 is 6.09 Å². The highest BCUT2D eigenvalue weighted by Gasteiger charge is 2.24. The zero-order valence-electron chi connectivity index (χ0n) is 14.2. The number of phenolic OH excluding ortho intramolecular Hbond substituents is 1. The van der Waals surface area contributed by atoms with E-state index in [0.29, 0.717) is 13.0 Å². The van der Waals surface area contributed by atoms with Gasteiger partial charge in [-0.25, -0.2) is 4.79 Å². The maximum absolute atomic E-state index is 12.2. The van der Waals surface area contributed by atoms with Gasteiger partial charge in [-0.1, -0.05) is 19.1 Å². The minimum Gasteiger partial charge on any atom is -0.508 e. The van der Waals surface area contributed by atoms with E-state index in [1.807, 2.05) is 6.92 Å². The minimum absolute atomic E-state index is 0.154. The van der Waals surface area contributed by atoms with Crippen LogP contribution in [0, 0.1) is 0 Å². The molecular formula is C17H26N2O4. The van der Waals surface area contributed by atoms with E-state index in [2.05, 4.69) is 10.6 Å². The standard InChI is InChI=1S/C17H26N2O4/c1-5-10-18-15(21)14(19-16(22)23-17(2,3)4)11-12-6-8-13(20)9-7-12/h6-9,14,20H,5,10-11H2,1-4H3,(H,18,21)(H,19,22)/t14-/m0/s1. The van der Waals surface area contributed by atoms with E-state index in [1.165, 1.54) is 0 Å². The van der Waals surface area contributed by atoms with Gasteiger partial charge < -0.3 is 20.5 Å². The molecule has 1 atom stereocenters. The summed E-state index contributed by atoms with van der Waals surface area (Å²) in [5, 5.41) is 14.7. The molecule has 0 bridgehead atoms. The number of hydrogen-bond acceptors (Lipinski definition) is 4. The lowest BCUT2D eigenvalue weighted by Crippen LogP contribution is -2.49. The molecule has 0 spiro atoms. The summed E-state index contributed by atoms with van der Waals surface area (Å²) in [6.07, 6.45) is 0.493. The molecule has 0 aromatic heterocycles. The van der Waals surface area contributed by atoms with Crippen LogP contribution in [0.4, 0.5) is 4.79 Å². The molecule has 128 valence electrons. The predicted octanol–water partition coefficient (Wildman–Crippen LogP) is 2.35. The van der Waals surface area contributed by atoms with E-state index >= 15 is 0 Å². The number of hydrogen-bond donors (Lipinski definition) is 3. The van der Waals surface area contributed by atoms with Gasteiger partial charge in [0.15, 0.2) is 0 Å². The third-order valence-electron chi connectivity index (χ3n) is 2.93. The summed E-state index contributed by atoms with van der Waals surface area (Å²) in [6, 6.07) is 5.78. The molecule has 23 heavy (non-hydrogen) atoms. The summed E-state index contributed by atoms with van der Waals surface area (Å²) in [4.78, 5) is 24.2. The third-order valence-corrected chi connectivity index (χ3v) is 2.93. The Morgan fingerprint density at radius 1 is 1.22 bits per heavy atom. The SMILES string of the molecule is CCCNC(=O)[C@H](Cc1ccc(O)cc1)NC(=O)OC(C)(C)C. The molecule has 0 saturated carbocycles. The number of aromatic hydroxyl groups is 1. The first kappa shape index (κ1) is 18.8. The molecule has 0 aliphatic heterocycles. The molecular weight excluding hydrogens is 296 g/mol. The molecule has 0 fully saturated rings. The third kappa shape index (κ3) is 7.54. The van der Waals surface area contributed by atoms with Crippen molar-refractivity contribution < 1.29 is 19.4 Å². The predicted molar refractivity (Wildman–Crippen MR) is 88.3 cm³/mol. The van der Waals surface area contributed by atoms with E-state index in [4.69, 9.17) is 4.74 Å². The van der Waals surface area contributed by atoms with Gasteiger partial charge in [0.25, 0.3) is 0 Å². The highest BCUT2D eigenvalue weighted by Crippen LogP contribution is 2.12. The average Bonchev–Trinajstić information content (AvgIpc) is 2.44. The van der Waals surface area contributed by atoms with Crippen LogP contribution in [0.2, 0.25) is 0 Å². The number of rotatable bonds is 6. The zero-order valence-corrected chi connectivity index (χ0v) is 14.2. The van der Waals surface area contributed by atoms with Crippen molar-refractivity contribution >= 4 is 12.0 Å². The fourth-order valence-electron chi connectivity index (χ4n) is 1.90. The summed E-state index contributed by atoms with van der Waals surface area (Å²) in [5.74, 6) is -0.105. The largest absolute Gasteiger partial charge is 0.508 e. The van der Waals surface area contributed by atoms with Crippen LogP contribution >= 0.6 is 0 Å². The Morgan fingerprint density at radius 3 is 2.35 bits per heavy atom. The molecule has 1 aromatic rings. The van der Waals surface area contributed by atoms with Crippen molar-refractivity contribution in [2.24, 2.45) is 0 Å². The highest BCUT2D eigenvalue weighted by atomic mass is 16.6. The number of nitrogens with one attached hydrogen (secondary N) is 2. The van der Waals surface area contributed by atoms with E-state index in [9.17, 15) is 14.7 Å². The van der Waals surface area contributed by atoms with Gasteiger partial charge in [-0.05, 0) is 44.9 Å². The monoisotopic (exact) mass is 322 g/mol. The molecule has 1 aromatic carbocycles. The molecule has 0 saturated heterocycles. The Balaban J connectivity index is 2.77. The highest BCUT2D eigenvalue weighted by molar-refractivity contribution is 5.86. The van der Waals surface area contributed by atoms with Crippen molar-refractivity contribution in [2.75, 3.05) is 6.54 Å². The van der Waals surface area contributed by atoms with Crippen molar-refractivity contribution in [1.29, 1.82) is 0 Å². The number of alkyl carbamates (subject to hydrolysis) is 1. The second kappa shape index (κ2) is 8.41. The Kier molecular flexibility index (Phi) is 6.88. The fourth-order valence-corrected chi connectivity index (χ4v) is 1.90. The molecule has 3 N–H and O–H groups in total. The molecule has 1 rings (SSSR count). The second-order valence-electron chi connectivity index (χ2n) is 6.36. The van der Waals surface area contributed by atoms with E-state index in [1.54, 1.807) is 45.0 Å². The first-order valence-electron chi connectivity index (χ1n) is 7.76. The quantitative estimate of drug-likeness (QED) is 0.750. The normalized spacial score (nSPS) is 12.3. The van der Waals surface area contributed by atoms with Crippen LogP contribution in [0.25, 0.3) is 0 Å². The number of amides is 2. The summed E-state index contributed by atoms with van der Waals surface area (Å²) >= 11 is 0. The Labute approximate surface area is 137 Å². The number of ether oxygens (including phenoxy) is 1. The first-order chi connectivity index (χ1) is 10.7. The second-order valence-corrected chi connectivity index (χ2v) is 6.36. The number of benzene rings is 1. The zero-order chi connectivity index (χ0) is 17.5. The maximum atomic E-state index is 12.2. The van der Waals surface area contributed by atoms with E-state index < -0.39 is 17.7 Å². The van der Waals surface area contributed by atoms with Crippen LogP contribution in [0.15, 0.2) is 24.3 Å². The van der Waals surface area contributed by atoms with Crippen molar-refractivity contribution in [1.82, 2.24) is 10.6 Å². The molecule has 0 aliphatic rings. The van der Waals surface area contributed by atoms with Gasteiger partial charge in [-0.3, -0.25) is 4.79 Å². The van der Waals surface area contributed by atoms with Crippen LogP contribution in [-0.4, -0.2) is 35.3 Å². The van der Waals surface area contributed by atoms with Gasteiger partial charge in [0.1, 0.15) is 17.4 Å². The number of carbonyl (C=O) groups is 2. The summed E-state index contributed by atoms with van der Waals surface area (Å²) < 4.78 is 5.21. The number of phenols is 1. The summed E-state index contributed by atoms with van der Waals surface area (Å²) in [5.41, 5.74) is 0.197. The summed E-state index contributed by atoms with van der Waals surface area (Å²) in [7, 11) is 0. The van der Waals surface area contributed by atoms with Crippen LogP contribution < -0.4 is 10.6 Å². The lowest BCUT2D eigenvalue weighted by Gasteiger charge is -2.23. The molecule has 6 heteroatoms. The van der Waals surface area contributed by atoms with Crippen LogP contribution in [0.1, 0.15) is 39.7 Å². The van der Waals surface area contributed by atoms with Crippen LogP contribution in [-0.2, 0) is 16.0 Å². The van der Waals surface area contributed by atoms with Gasteiger partial charge in [-0.2, -0.15) is 0 Å². The molecule has 0 unspecified atom stereocenters. The van der Waals surface area contributed by atoms with Gasteiger partial charge in [0, 0.05) is 13.0 Å². The van der Waals surface area contributed by atoms with E-state index in [-0.39, 0.29) is 11.7 Å². The van der Waals surface area contributed by atoms with Gasteiger partial charge in [0.2, 0.25) is 5.91 Å². The Bertz CT molecular complexity index is 520. The van der Waals surface area contributed by atoms with Crippen LogP contribution in [0.5, 0.6) is 5.75 Å². The minimum atomic E-state index is -0.735. The lowest BCUT2D eigenvalue weighted by molar-refractivity contribution is -0.123. The first-order valence-corrected chi connectivity index (χ1v) is 7.76. The summed E-state index contributed by atoms with van der Waals surface area (Å²) in [6.45, 7) is 7.79. The van der Waals surface area contributed by atoms with Gasteiger partial charge in [-0.15, -0.1) is 0 Å². The Hall–Kier alpha value is -2.24. The average molecular weight is 322 g/mol. The van der Waals surface area contributed by atoms with Crippen molar-refractivity contribution in [2.45, 2.75) is 52.2 Å². The molecule has 0 radical (unpaired) electrons. The lowest BCUT2D eigenvalue weighted by atomic mass is 10.1. The molecule has 6 nitrogen and oxygen atoms in total. The molecule has 0 heterocycles. The van der Waals surface area contributed by atoms with Gasteiger partial charge in [0.05, 0.1) is 0 Å². The molecule has 2 amide bonds. The van der Waals surface area contributed by atoms with Crippen molar-refractivity contribution in [3.8, 4) is 5.75 Å². The number of carbonyl (C=O) groups excluding carboxylic acids is 2. The smallest absolute Gasteiger partial charge is 0.408 e. The fraction of sp³-hybridized carbons (Fsp3) is 0.529. The van der Waals surface area contributed by atoms with Crippen molar-refractivity contribution in [3.05, 3.63) is 29.8 Å². The Morgan fingerprint density at radius 2 is 1.83 bits per heavy atom. The van der Waals surface area contributed by atoms with Crippen molar-refractivity contribution in [3.63, 3.8) is 0 Å². The maximum Gasteiger partial charge on any atom is 0.408 e. The van der Waals surface area contributed by atoms with Crippen LogP contribution in [0.3, 0.4) is 0 Å².